The minimum Gasteiger partial charge on any atom is -0.314 e. The maximum absolute atomic E-state index is 11.7. The van der Waals surface area contributed by atoms with Gasteiger partial charge in [-0.25, -0.2) is 8.42 Å². The van der Waals surface area contributed by atoms with E-state index in [0.717, 1.165) is 38.5 Å². The van der Waals surface area contributed by atoms with Gasteiger partial charge in [0.1, 0.15) is 0 Å². The van der Waals surface area contributed by atoms with E-state index < -0.39 is 9.84 Å². The molecule has 100 valence electrons. The summed E-state index contributed by atoms with van der Waals surface area (Å²) in [5.41, 5.74) is 0. The van der Waals surface area contributed by atoms with Crippen molar-refractivity contribution in [3.63, 3.8) is 0 Å². The second-order valence-electron chi connectivity index (χ2n) is 5.30. The summed E-state index contributed by atoms with van der Waals surface area (Å²) in [7, 11) is -2.82. The van der Waals surface area contributed by atoms with E-state index in [4.69, 9.17) is 0 Å². The molecular formula is C12H24N2O2S. The van der Waals surface area contributed by atoms with E-state index in [1.807, 2.05) is 6.92 Å². The van der Waals surface area contributed by atoms with Crippen LogP contribution in [0.4, 0.5) is 0 Å². The van der Waals surface area contributed by atoms with Crippen molar-refractivity contribution < 1.29 is 8.42 Å². The molecule has 2 fully saturated rings. The molecule has 1 saturated heterocycles. The average Bonchev–Trinajstić information content (AvgIpc) is 3.11. The van der Waals surface area contributed by atoms with Gasteiger partial charge >= 0.3 is 0 Å². The maximum Gasteiger partial charge on any atom is 0.151 e. The van der Waals surface area contributed by atoms with Crippen molar-refractivity contribution in [3.8, 4) is 0 Å². The van der Waals surface area contributed by atoms with Crippen molar-refractivity contribution in [1.29, 1.82) is 0 Å². The van der Waals surface area contributed by atoms with Gasteiger partial charge < -0.3 is 5.32 Å². The van der Waals surface area contributed by atoms with Gasteiger partial charge in [0.15, 0.2) is 9.84 Å². The Labute approximate surface area is 105 Å². The molecule has 0 aromatic heterocycles. The van der Waals surface area contributed by atoms with Gasteiger partial charge in [-0.05, 0) is 25.2 Å². The van der Waals surface area contributed by atoms with Gasteiger partial charge in [-0.1, -0.05) is 6.92 Å². The molecule has 0 bridgehead atoms. The zero-order valence-electron chi connectivity index (χ0n) is 10.7. The quantitative estimate of drug-likeness (QED) is 0.755. The van der Waals surface area contributed by atoms with Crippen molar-refractivity contribution in [2.75, 3.05) is 37.7 Å². The Morgan fingerprint density at radius 3 is 2.71 bits per heavy atom. The number of hydrogen-bond donors (Lipinski definition) is 1. The van der Waals surface area contributed by atoms with Crippen LogP contribution >= 0.6 is 0 Å². The van der Waals surface area contributed by atoms with Crippen LogP contribution in [0.1, 0.15) is 26.2 Å². The number of piperazine rings is 1. The molecule has 0 aromatic carbocycles. The van der Waals surface area contributed by atoms with E-state index >= 15 is 0 Å². The SMILES string of the molecule is CCCS(=O)(=O)CCN1CCNCC1C1CC1. The normalized spacial score (nSPS) is 27.2. The molecule has 17 heavy (non-hydrogen) atoms. The highest BCUT2D eigenvalue weighted by Crippen LogP contribution is 2.35. The van der Waals surface area contributed by atoms with E-state index in [9.17, 15) is 8.42 Å². The molecule has 0 radical (unpaired) electrons. The zero-order valence-corrected chi connectivity index (χ0v) is 11.5. The molecule has 0 spiro atoms. The summed E-state index contributed by atoms with van der Waals surface area (Å²) < 4.78 is 23.4. The van der Waals surface area contributed by atoms with Crippen LogP contribution in [0, 0.1) is 5.92 Å². The molecule has 1 saturated carbocycles. The predicted molar refractivity (Wildman–Crippen MR) is 69.9 cm³/mol. The summed E-state index contributed by atoms with van der Waals surface area (Å²) in [5, 5.41) is 3.42. The lowest BCUT2D eigenvalue weighted by Crippen LogP contribution is -2.53. The van der Waals surface area contributed by atoms with E-state index in [0.29, 0.717) is 17.5 Å². The first-order valence-electron chi connectivity index (χ1n) is 6.77. The molecule has 5 heteroatoms. The molecule has 0 aromatic rings. The molecule has 1 aliphatic heterocycles. The van der Waals surface area contributed by atoms with Crippen molar-refractivity contribution in [3.05, 3.63) is 0 Å². The highest BCUT2D eigenvalue weighted by atomic mass is 32.2. The summed E-state index contributed by atoms with van der Waals surface area (Å²) in [6, 6.07) is 0.584. The van der Waals surface area contributed by atoms with E-state index in [-0.39, 0.29) is 0 Å². The maximum atomic E-state index is 11.7. The molecule has 1 atom stereocenters. The third kappa shape index (κ3) is 3.93. The zero-order chi connectivity index (χ0) is 12.3. The number of nitrogens with one attached hydrogen (secondary N) is 1. The Morgan fingerprint density at radius 1 is 1.29 bits per heavy atom. The van der Waals surface area contributed by atoms with Crippen LogP contribution < -0.4 is 5.32 Å². The van der Waals surface area contributed by atoms with Crippen molar-refractivity contribution in [1.82, 2.24) is 10.2 Å². The Morgan fingerprint density at radius 2 is 2.06 bits per heavy atom. The van der Waals surface area contributed by atoms with Crippen molar-refractivity contribution in [2.45, 2.75) is 32.2 Å². The monoisotopic (exact) mass is 260 g/mol. The summed E-state index contributed by atoms with van der Waals surface area (Å²) in [5.74, 6) is 1.49. The van der Waals surface area contributed by atoms with Crippen LogP contribution in [0.25, 0.3) is 0 Å². The van der Waals surface area contributed by atoms with Gasteiger partial charge in [-0.2, -0.15) is 0 Å². The first-order valence-corrected chi connectivity index (χ1v) is 8.59. The lowest BCUT2D eigenvalue weighted by molar-refractivity contribution is 0.152. The minimum absolute atomic E-state index is 0.337. The fourth-order valence-corrected chi connectivity index (χ4v) is 4.00. The van der Waals surface area contributed by atoms with Crippen molar-refractivity contribution >= 4 is 9.84 Å². The largest absolute Gasteiger partial charge is 0.314 e. The van der Waals surface area contributed by atoms with Crippen molar-refractivity contribution in [2.24, 2.45) is 5.92 Å². The average molecular weight is 260 g/mol. The second-order valence-corrected chi connectivity index (χ2v) is 7.60. The second kappa shape index (κ2) is 5.67. The first-order chi connectivity index (χ1) is 8.12. The Hall–Kier alpha value is -0.130. The van der Waals surface area contributed by atoms with Crippen LogP contribution in [0.15, 0.2) is 0 Å². The van der Waals surface area contributed by atoms with Crippen LogP contribution in [0.3, 0.4) is 0 Å². The highest BCUT2D eigenvalue weighted by Gasteiger charge is 2.36. The van der Waals surface area contributed by atoms with E-state index in [1.54, 1.807) is 0 Å². The van der Waals surface area contributed by atoms with Gasteiger partial charge in [0.05, 0.1) is 5.75 Å². The van der Waals surface area contributed by atoms with Crippen LogP contribution in [-0.2, 0) is 9.84 Å². The van der Waals surface area contributed by atoms with Gasteiger partial charge in [0.25, 0.3) is 0 Å². The molecule has 2 rings (SSSR count). The van der Waals surface area contributed by atoms with Crippen LogP contribution in [0.5, 0.6) is 0 Å². The van der Waals surface area contributed by atoms with E-state index in [2.05, 4.69) is 10.2 Å². The smallest absolute Gasteiger partial charge is 0.151 e. The minimum atomic E-state index is -2.82. The molecule has 1 unspecified atom stereocenters. The first kappa shape index (κ1) is 13.3. The Kier molecular flexibility index (Phi) is 4.44. The van der Waals surface area contributed by atoms with Gasteiger partial charge in [-0.15, -0.1) is 0 Å². The van der Waals surface area contributed by atoms with Gasteiger partial charge in [-0.3, -0.25) is 4.90 Å². The lowest BCUT2D eigenvalue weighted by atomic mass is 10.1. The topological polar surface area (TPSA) is 49.4 Å². The highest BCUT2D eigenvalue weighted by molar-refractivity contribution is 7.91. The summed E-state index contributed by atoms with van der Waals surface area (Å²) in [4.78, 5) is 2.39. The van der Waals surface area contributed by atoms with Crippen LogP contribution in [-0.4, -0.2) is 57.0 Å². The fraction of sp³-hybridized carbons (Fsp3) is 1.00. The molecule has 1 N–H and O–H groups in total. The summed E-state index contributed by atoms with van der Waals surface area (Å²) in [6.45, 7) is 5.69. The molecule has 4 nitrogen and oxygen atoms in total. The number of sulfone groups is 1. The standard InChI is InChI=1S/C12H24N2O2S/c1-2-8-17(15,16)9-7-14-6-5-13-10-12(14)11-3-4-11/h11-13H,2-10H2,1H3. The molecule has 1 heterocycles. The number of rotatable bonds is 6. The Bertz CT molecular complexity index is 338. The summed E-state index contributed by atoms with van der Waals surface area (Å²) >= 11 is 0. The predicted octanol–water partition coefficient (Wildman–Crippen LogP) is 0.495. The van der Waals surface area contributed by atoms with Gasteiger partial charge in [0.2, 0.25) is 0 Å². The molecule has 2 aliphatic rings. The summed E-state index contributed by atoms with van der Waals surface area (Å²) in [6.07, 6.45) is 3.38. The van der Waals surface area contributed by atoms with Gasteiger partial charge in [0, 0.05) is 38.0 Å². The lowest BCUT2D eigenvalue weighted by Gasteiger charge is -2.36. The number of hydrogen-bond acceptors (Lipinski definition) is 4. The Balaban J connectivity index is 1.83. The molecule has 1 aliphatic carbocycles. The fourth-order valence-electron chi connectivity index (χ4n) is 2.66. The molecular weight excluding hydrogens is 236 g/mol. The third-order valence-electron chi connectivity index (χ3n) is 3.77. The van der Waals surface area contributed by atoms with E-state index in [1.165, 1.54) is 12.8 Å². The number of nitrogens with zero attached hydrogens (tertiary/aromatic N) is 1. The van der Waals surface area contributed by atoms with Crippen LogP contribution in [0.2, 0.25) is 0 Å². The third-order valence-corrected chi connectivity index (χ3v) is 5.60. The molecule has 0 amide bonds.